The molecule has 0 atom stereocenters. The van der Waals surface area contributed by atoms with Crippen LogP contribution in [-0.2, 0) is 21.1 Å². The van der Waals surface area contributed by atoms with E-state index in [2.05, 4.69) is 68.5 Å². The van der Waals surface area contributed by atoms with Crippen molar-refractivity contribution in [2.45, 2.75) is 20.3 Å². The van der Waals surface area contributed by atoms with Crippen molar-refractivity contribution in [2.75, 3.05) is 0 Å². The van der Waals surface area contributed by atoms with Gasteiger partial charge in [0, 0.05) is 9.52 Å². The Labute approximate surface area is 217 Å². The van der Waals surface area contributed by atoms with E-state index in [9.17, 15) is 0 Å². The minimum absolute atomic E-state index is 0. The Kier molecular flexibility index (Phi) is 16.1. The zero-order valence-corrected chi connectivity index (χ0v) is 23.0. The summed E-state index contributed by atoms with van der Waals surface area (Å²) < 4.78 is 0. The third kappa shape index (κ3) is 13.4. The largest absolute Gasteiger partial charge is 4.00 e. The smallest absolute Gasteiger partial charge is 0.273 e. The van der Waals surface area contributed by atoms with Crippen molar-refractivity contribution in [1.29, 1.82) is 0 Å². The second-order valence-corrected chi connectivity index (χ2v) is 9.01. The van der Waals surface area contributed by atoms with E-state index in [0.717, 1.165) is 6.42 Å². The van der Waals surface area contributed by atoms with Gasteiger partial charge in [0.1, 0.15) is 0 Å². The standard InChI is InChI=1S/C13H15Si.3C6H5.Pt/c1-10-8-9-13(11(10)2)14-12-6-4-3-5-7-12;3*1-2-4-6-5-3-1;/h3-7H,8,14H2,1-2H3;3*1-5H;/q4*-1;+4. The van der Waals surface area contributed by atoms with Crippen molar-refractivity contribution >= 4 is 14.7 Å². The van der Waals surface area contributed by atoms with Gasteiger partial charge in [0.25, 0.3) is 0 Å². The normalized spacial score (nSPS) is 11.5. The van der Waals surface area contributed by atoms with Gasteiger partial charge in [-0.2, -0.15) is 115 Å². The fourth-order valence-corrected chi connectivity index (χ4v) is 4.52. The second kappa shape index (κ2) is 18.8. The van der Waals surface area contributed by atoms with Crippen LogP contribution in [0.5, 0.6) is 0 Å². The molecule has 0 N–H and O–H groups in total. The third-order valence-corrected chi connectivity index (χ3v) is 6.72. The van der Waals surface area contributed by atoms with Crippen molar-refractivity contribution in [3.63, 3.8) is 0 Å². The van der Waals surface area contributed by atoms with Crippen LogP contribution in [0, 0.1) is 24.3 Å². The van der Waals surface area contributed by atoms with E-state index in [-0.39, 0.29) is 30.6 Å². The van der Waals surface area contributed by atoms with Crippen molar-refractivity contribution in [2.24, 2.45) is 0 Å². The van der Waals surface area contributed by atoms with Gasteiger partial charge in [-0.25, -0.2) is 10.8 Å². The zero-order chi connectivity index (χ0) is 22.7. The van der Waals surface area contributed by atoms with Crippen LogP contribution in [0.15, 0.2) is 138 Å². The Balaban J connectivity index is 0.000000240. The van der Waals surface area contributed by atoms with Crippen LogP contribution < -0.4 is 5.19 Å². The van der Waals surface area contributed by atoms with Crippen molar-refractivity contribution < 1.29 is 21.1 Å². The average Bonchev–Trinajstić information content (AvgIpc) is 3.21. The molecule has 33 heavy (non-hydrogen) atoms. The van der Waals surface area contributed by atoms with Crippen LogP contribution in [-0.4, -0.2) is 9.52 Å². The quantitative estimate of drug-likeness (QED) is 0.180. The molecular formula is C31H30PtSi. The minimum atomic E-state index is -0.267. The van der Waals surface area contributed by atoms with E-state index in [0.29, 0.717) is 0 Å². The molecule has 1 aliphatic rings. The Bertz CT molecular complexity index is 856. The molecule has 0 radical (unpaired) electrons. The maximum Gasteiger partial charge on any atom is 4.00 e. The van der Waals surface area contributed by atoms with Crippen molar-refractivity contribution in [3.05, 3.63) is 162 Å². The molecule has 5 rings (SSSR count). The summed E-state index contributed by atoms with van der Waals surface area (Å²) in [5.74, 6) is 0. The molecule has 0 unspecified atom stereocenters. The van der Waals surface area contributed by atoms with E-state index < -0.39 is 0 Å². The molecule has 4 aromatic rings. The number of hydrogen-bond donors (Lipinski definition) is 0. The van der Waals surface area contributed by atoms with Crippen LogP contribution in [0.4, 0.5) is 0 Å². The fraction of sp³-hybridized carbons (Fsp3) is 0.0968. The van der Waals surface area contributed by atoms with Gasteiger partial charge in [0.2, 0.25) is 0 Å². The molecule has 1 aliphatic carbocycles. The van der Waals surface area contributed by atoms with Crippen LogP contribution in [0.3, 0.4) is 0 Å². The van der Waals surface area contributed by atoms with Gasteiger partial charge < -0.3 is 0 Å². The molecule has 0 bridgehead atoms. The van der Waals surface area contributed by atoms with E-state index in [4.69, 9.17) is 0 Å². The number of allylic oxidation sites excluding steroid dienone is 4. The first-order chi connectivity index (χ1) is 15.8. The maximum absolute atomic E-state index is 3.51. The van der Waals surface area contributed by atoms with Gasteiger partial charge in [-0.05, 0) is 0 Å². The van der Waals surface area contributed by atoms with E-state index in [1.54, 1.807) is 0 Å². The van der Waals surface area contributed by atoms with Gasteiger partial charge in [0.15, 0.2) is 0 Å². The number of benzene rings is 4. The Morgan fingerprint density at radius 3 is 1.24 bits per heavy atom. The molecule has 0 aliphatic heterocycles. The molecule has 0 nitrogen and oxygen atoms in total. The molecule has 0 aromatic heterocycles. The summed E-state index contributed by atoms with van der Waals surface area (Å²) in [6, 6.07) is 48.3. The molecule has 2 heteroatoms. The molecule has 4 aromatic carbocycles. The Hall–Kier alpha value is -2.73. The van der Waals surface area contributed by atoms with E-state index in [1.807, 2.05) is 91.0 Å². The molecule has 168 valence electrons. The van der Waals surface area contributed by atoms with Crippen molar-refractivity contribution in [1.82, 2.24) is 0 Å². The first-order valence-corrected chi connectivity index (χ1v) is 12.2. The number of rotatable bonds is 2. The first-order valence-electron chi connectivity index (χ1n) is 10.8. The summed E-state index contributed by atoms with van der Waals surface area (Å²) in [6.07, 6.45) is 4.57. The monoisotopic (exact) mass is 625 g/mol. The van der Waals surface area contributed by atoms with E-state index in [1.165, 1.54) is 21.5 Å². The molecule has 0 heterocycles. The number of hydrogen-bond acceptors (Lipinski definition) is 0. The molecular weight excluding hydrogens is 596 g/mol. The molecule has 0 saturated carbocycles. The molecule has 0 saturated heterocycles. The summed E-state index contributed by atoms with van der Waals surface area (Å²) in [6.45, 7) is 4.45. The predicted octanol–water partition coefficient (Wildman–Crippen LogP) is 6.37. The van der Waals surface area contributed by atoms with Crippen LogP contribution in [0.25, 0.3) is 0 Å². The summed E-state index contributed by atoms with van der Waals surface area (Å²) in [4.78, 5) is 0. The summed E-state index contributed by atoms with van der Waals surface area (Å²) in [7, 11) is -0.267. The Morgan fingerprint density at radius 2 is 0.970 bits per heavy atom. The molecule has 0 fully saturated rings. The molecule has 0 spiro atoms. The average molecular weight is 626 g/mol. The third-order valence-electron chi connectivity index (χ3n) is 4.70. The van der Waals surface area contributed by atoms with Crippen LogP contribution >= 0.6 is 0 Å². The van der Waals surface area contributed by atoms with Gasteiger partial charge >= 0.3 is 21.1 Å². The van der Waals surface area contributed by atoms with Crippen LogP contribution in [0.1, 0.15) is 20.3 Å². The summed E-state index contributed by atoms with van der Waals surface area (Å²) in [5.41, 5.74) is 3.00. The van der Waals surface area contributed by atoms with Crippen LogP contribution in [0.2, 0.25) is 0 Å². The van der Waals surface area contributed by atoms with Gasteiger partial charge in [-0.15, -0.1) is 13.3 Å². The minimum Gasteiger partial charge on any atom is -0.273 e. The second-order valence-electron chi connectivity index (χ2n) is 7.13. The van der Waals surface area contributed by atoms with E-state index >= 15 is 0 Å². The van der Waals surface area contributed by atoms with Crippen molar-refractivity contribution in [3.8, 4) is 0 Å². The summed E-state index contributed by atoms with van der Waals surface area (Å²) in [5, 5.41) is 3.04. The molecule has 0 amide bonds. The van der Waals surface area contributed by atoms with Gasteiger partial charge in [-0.3, -0.25) is 6.08 Å². The Morgan fingerprint density at radius 1 is 0.576 bits per heavy atom. The maximum atomic E-state index is 3.51. The SMILES string of the molecule is CC1=C(C)C([SiH2]c2ccccc2)=[C-]C1.[Pt+4].[c-]1ccccc1.[c-]1ccccc1.[c-]1ccccc1. The zero-order valence-electron chi connectivity index (χ0n) is 19.3. The van der Waals surface area contributed by atoms with Gasteiger partial charge in [-0.1, -0.05) is 42.4 Å². The topological polar surface area (TPSA) is 0 Å². The summed E-state index contributed by atoms with van der Waals surface area (Å²) >= 11 is 0. The fourth-order valence-electron chi connectivity index (χ4n) is 2.78. The van der Waals surface area contributed by atoms with Gasteiger partial charge in [0.05, 0.1) is 0 Å². The predicted molar refractivity (Wildman–Crippen MR) is 140 cm³/mol. The first kappa shape index (κ1) is 28.3.